The molecule has 14 heavy (non-hydrogen) atoms. The number of nitrogens with zero attached hydrogens (tertiary/aromatic N) is 2. The van der Waals surface area contributed by atoms with Crippen molar-refractivity contribution in [1.29, 1.82) is 0 Å². The summed E-state index contributed by atoms with van der Waals surface area (Å²) in [4.78, 5) is 8.94. The van der Waals surface area contributed by atoms with Crippen molar-refractivity contribution in [2.24, 2.45) is 5.73 Å². The fraction of sp³-hybridized carbons (Fsp3) is 0.636. The van der Waals surface area contributed by atoms with E-state index in [4.69, 9.17) is 5.73 Å². The highest BCUT2D eigenvalue weighted by molar-refractivity contribution is 5.33. The molecule has 1 aliphatic carbocycles. The number of fused-ring (bicyclic) bond motifs is 1. The second-order valence-electron chi connectivity index (χ2n) is 4.62. The SMILES string of the molecule is Cc1nc2c(c(C(C)(C)N)n1)CCC2. The van der Waals surface area contributed by atoms with Crippen molar-refractivity contribution >= 4 is 0 Å². The van der Waals surface area contributed by atoms with Gasteiger partial charge in [0.25, 0.3) is 0 Å². The lowest BCUT2D eigenvalue weighted by atomic mass is 9.96. The first-order valence-electron chi connectivity index (χ1n) is 5.14. The fourth-order valence-electron chi connectivity index (χ4n) is 2.09. The van der Waals surface area contributed by atoms with Gasteiger partial charge >= 0.3 is 0 Å². The largest absolute Gasteiger partial charge is 0.321 e. The summed E-state index contributed by atoms with van der Waals surface area (Å²) in [6.45, 7) is 5.95. The van der Waals surface area contributed by atoms with Crippen molar-refractivity contribution in [3.05, 3.63) is 22.8 Å². The van der Waals surface area contributed by atoms with Gasteiger partial charge in [-0.25, -0.2) is 9.97 Å². The maximum Gasteiger partial charge on any atom is 0.125 e. The van der Waals surface area contributed by atoms with E-state index in [0.29, 0.717) is 0 Å². The summed E-state index contributed by atoms with van der Waals surface area (Å²) in [7, 11) is 0. The minimum Gasteiger partial charge on any atom is -0.321 e. The second kappa shape index (κ2) is 3.02. The molecule has 1 aliphatic rings. The van der Waals surface area contributed by atoms with E-state index in [1.807, 2.05) is 20.8 Å². The molecule has 1 heterocycles. The van der Waals surface area contributed by atoms with Crippen LogP contribution >= 0.6 is 0 Å². The molecule has 0 fully saturated rings. The smallest absolute Gasteiger partial charge is 0.125 e. The van der Waals surface area contributed by atoms with E-state index in [1.54, 1.807) is 0 Å². The first-order valence-corrected chi connectivity index (χ1v) is 5.14. The van der Waals surface area contributed by atoms with Crippen LogP contribution in [0.25, 0.3) is 0 Å². The van der Waals surface area contributed by atoms with Crippen LogP contribution in [-0.4, -0.2) is 9.97 Å². The molecule has 0 bridgehead atoms. The molecule has 3 heteroatoms. The lowest BCUT2D eigenvalue weighted by Crippen LogP contribution is -2.32. The summed E-state index contributed by atoms with van der Waals surface area (Å²) < 4.78 is 0. The van der Waals surface area contributed by atoms with E-state index in [0.717, 1.165) is 24.4 Å². The van der Waals surface area contributed by atoms with Gasteiger partial charge in [-0.3, -0.25) is 0 Å². The van der Waals surface area contributed by atoms with Crippen molar-refractivity contribution in [2.75, 3.05) is 0 Å². The van der Waals surface area contributed by atoms with E-state index < -0.39 is 0 Å². The van der Waals surface area contributed by atoms with Crippen molar-refractivity contribution in [3.8, 4) is 0 Å². The molecule has 1 aromatic rings. The lowest BCUT2D eigenvalue weighted by Gasteiger charge is -2.21. The Kier molecular flexibility index (Phi) is 2.07. The summed E-state index contributed by atoms with van der Waals surface area (Å²) >= 11 is 0. The molecule has 0 saturated carbocycles. The Morgan fingerprint density at radius 3 is 2.57 bits per heavy atom. The van der Waals surface area contributed by atoms with Crippen LogP contribution in [0.3, 0.4) is 0 Å². The van der Waals surface area contributed by atoms with Gasteiger partial charge in [-0.2, -0.15) is 0 Å². The Balaban J connectivity index is 2.60. The zero-order valence-electron chi connectivity index (χ0n) is 9.09. The van der Waals surface area contributed by atoms with Gasteiger partial charge in [-0.15, -0.1) is 0 Å². The molecule has 0 aliphatic heterocycles. The van der Waals surface area contributed by atoms with Crippen LogP contribution in [-0.2, 0) is 18.4 Å². The van der Waals surface area contributed by atoms with Gasteiger partial charge in [-0.1, -0.05) is 0 Å². The molecule has 0 unspecified atom stereocenters. The van der Waals surface area contributed by atoms with Crippen molar-refractivity contribution in [2.45, 2.75) is 45.6 Å². The van der Waals surface area contributed by atoms with Gasteiger partial charge in [0.15, 0.2) is 0 Å². The quantitative estimate of drug-likeness (QED) is 0.731. The minimum atomic E-state index is -0.345. The number of nitrogens with two attached hydrogens (primary N) is 1. The highest BCUT2D eigenvalue weighted by atomic mass is 14.9. The molecule has 1 aromatic heterocycles. The van der Waals surface area contributed by atoms with Gasteiger partial charge in [-0.05, 0) is 45.6 Å². The van der Waals surface area contributed by atoms with Crippen LogP contribution in [0.2, 0.25) is 0 Å². The van der Waals surface area contributed by atoms with Gasteiger partial charge in [0.1, 0.15) is 5.82 Å². The molecule has 0 atom stereocenters. The molecule has 0 radical (unpaired) electrons. The first kappa shape index (κ1) is 9.59. The van der Waals surface area contributed by atoms with Crippen LogP contribution in [0.4, 0.5) is 0 Å². The third kappa shape index (κ3) is 1.52. The van der Waals surface area contributed by atoms with E-state index in [1.165, 1.54) is 17.7 Å². The Hall–Kier alpha value is -0.960. The average molecular weight is 191 g/mol. The normalized spacial score (nSPS) is 15.7. The summed E-state index contributed by atoms with van der Waals surface area (Å²) in [6, 6.07) is 0. The van der Waals surface area contributed by atoms with Crippen molar-refractivity contribution < 1.29 is 0 Å². The minimum absolute atomic E-state index is 0.345. The number of hydrogen-bond acceptors (Lipinski definition) is 3. The van der Waals surface area contributed by atoms with Crippen LogP contribution in [0.1, 0.15) is 43.0 Å². The zero-order chi connectivity index (χ0) is 10.3. The standard InChI is InChI=1S/C11H17N3/c1-7-13-9-6-4-5-8(9)10(14-7)11(2,3)12/h4-6,12H2,1-3H3. The highest BCUT2D eigenvalue weighted by Crippen LogP contribution is 2.28. The molecule has 2 rings (SSSR count). The number of hydrogen-bond donors (Lipinski definition) is 1. The molecule has 76 valence electrons. The third-order valence-corrected chi connectivity index (χ3v) is 2.66. The summed E-state index contributed by atoms with van der Waals surface area (Å²) in [6.07, 6.45) is 3.36. The fourth-order valence-corrected chi connectivity index (χ4v) is 2.09. The van der Waals surface area contributed by atoms with Crippen LogP contribution in [0, 0.1) is 6.92 Å². The molecule has 0 amide bonds. The number of aryl methyl sites for hydroxylation is 2. The van der Waals surface area contributed by atoms with Gasteiger partial charge < -0.3 is 5.73 Å². The molecule has 0 spiro atoms. The molecular formula is C11H17N3. The maximum absolute atomic E-state index is 6.11. The summed E-state index contributed by atoms with van der Waals surface area (Å²) in [5, 5.41) is 0. The first-order chi connectivity index (χ1) is 6.48. The molecule has 3 nitrogen and oxygen atoms in total. The van der Waals surface area contributed by atoms with Gasteiger partial charge in [0.2, 0.25) is 0 Å². The third-order valence-electron chi connectivity index (χ3n) is 2.66. The van der Waals surface area contributed by atoms with Crippen LogP contribution < -0.4 is 5.73 Å². The van der Waals surface area contributed by atoms with Gasteiger partial charge in [0, 0.05) is 5.69 Å². The number of aromatic nitrogens is 2. The predicted molar refractivity (Wildman–Crippen MR) is 56.0 cm³/mol. The van der Waals surface area contributed by atoms with Crippen LogP contribution in [0.5, 0.6) is 0 Å². The summed E-state index contributed by atoms with van der Waals surface area (Å²) in [5.74, 6) is 0.846. The molecule has 0 saturated heterocycles. The lowest BCUT2D eigenvalue weighted by molar-refractivity contribution is 0.524. The highest BCUT2D eigenvalue weighted by Gasteiger charge is 2.26. The van der Waals surface area contributed by atoms with Gasteiger partial charge in [0.05, 0.1) is 11.2 Å². The van der Waals surface area contributed by atoms with E-state index in [2.05, 4.69) is 9.97 Å². The molecule has 2 N–H and O–H groups in total. The summed E-state index contributed by atoms with van der Waals surface area (Å²) in [5.41, 5.74) is 9.31. The maximum atomic E-state index is 6.11. The molecular weight excluding hydrogens is 174 g/mol. The van der Waals surface area contributed by atoms with Crippen molar-refractivity contribution in [3.63, 3.8) is 0 Å². The van der Waals surface area contributed by atoms with Crippen molar-refractivity contribution in [1.82, 2.24) is 9.97 Å². The Bertz CT molecular complexity index is 364. The topological polar surface area (TPSA) is 51.8 Å². The van der Waals surface area contributed by atoms with E-state index >= 15 is 0 Å². The monoisotopic (exact) mass is 191 g/mol. The zero-order valence-corrected chi connectivity index (χ0v) is 9.09. The van der Waals surface area contributed by atoms with E-state index in [9.17, 15) is 0 Å². The van der Waals surface area contributed by atoms with E-state index in [-0.39, 0.29) is 5.54 Å². The predicted octanol–water partition coefficient (Wildman–Crippen LogP) is 1.47. The number of rotatable bonds is 1. The Labute approximate surface area is 84.8 Å². The second-order valence-corrected chi connectivity index (χ2v) is 4.62. The average Bonchev–Trinajstić information content (AvgIpc) is 2.47. The Morgan fingerprint density at radius 2 is 1.93 bits per heavy atom. The molecule has 0 aromatic carbocycles. The Morgan fingerprint density at radius 1 is 1.21 bits per heavy atom. The van der Waals surface area contributed by atoms with Crippen LogP contribution in [0.15, 0.2) is 0 Å².